The lowest BCUT2D eigenvalue weighted by Crippen LogP contribution is -2.52. The van der Waals surface area contributed by atoms with Crippen LogP contribution in [-0.2, 0) is 9.53 Å². The van der Waals surface area contributed by atoms with E-state index in [2.05, 4.69) is 23.7 Å². The molecular weight excluding hydrogens is 192 g/mol. The molecule has 15 heavy (non-hydrogen) atoms. The number of carbonyl (C=O) groups is 1. The summed E-state index contributed by atoms with van der Waals surface area (Å²) in [6.07, 6.45) is 1.01. The molecule has 0 spiro atoms. The van der Waals surface area contributed by atoms with Gasteiger partial charge in [-0.05, 0) is 13.3 Å². The zero-order chi connectivity index (χ0) is 11.3. The van der Waals surface area contributed by atoms with Crippen molar-refractivity contribution in [3.05, 3.63) is 12.2 Å². The normalized spacial score (nSPS) is 19.6. The van der Waals surface area contributed by atoms with Gasteiger partial charge in [0.25, 0.3) is 0 Å². The second-order valence-corrected chi connectivity index (χ2v) is 3.83. The molecule has 1 saturated heterocycles. The van der Waals surface area contributed by atoms with Gasteiger partial charge < -0.3 is 10.1 Å². The Balaban J connectivity index is 2.46. The first kappa shape index (κ1) is 12.2. The van der Waals surface area contributed by atoms with Crippen LogP contribution < -0.4 is 5.32 Å². The van der Waals surface area contributed by atoms with Crippen LogP contribution in [0.2, 0.25) is 0 Å². The molecule has 0 aromatic carbocycles. The Kier molecular flexibility index (Phi) is 4.78. The third kappa shape index (κ3) is 3.64. The third-order valence-corrected chi connectivity index (χ3v) is 2.56. The molecule has 0 aliphatic carbocycles. The number of amides is 1. The standard InChI is InChI=1S/C11H20N2O2/c1-4-10(12-11(14)9(2)3)13-5-7-15-8-6-13/h10H,2,4-8H2,1,3H3,(H,12,14). The Morgan fingerprint density at radius 1 is 1.53 bits per heavy atom. The molecule has 86 valence electrons. The number of nitrogens with zero attached hydrogens (tertiary/aromatic N) is 1. The highest BCUT2D eigenvalue weighted by Gasteiger charge is 2.20. The summed E-state index contributed by atoms with van der Waals surface area (Å²) < 4.78 is 5.27. The minimum atomic E-state index is -0.0617. The molecule has 1 heterocycles. The summed E-state index contributed by atoms with van der Waals surface area (Å²) in [5.74, 6) is -0.0617. The predicted molar refractivity (Wildman–Crippen MR) is 59.4 cm³/mol. The lowest BCUT2D eigenvalue weighted by molar-refractivity contribution is -0.120. The number of hydrogen-bond donors (Lipinski definition) is 1. The van der Waals surface area contributed by atoms with Gasteiger partial charge in [0.05, 0.1) is 19.4 Å². The van der Waals surface area contributed by atoms with Gasteiger partial charge in [-0.2, -0.15) is 0 Å². The van der Waals surface area contributed by atoms with E-state index in [1.165, 1.54) is 0 Å². The van der Waals surface area contributed by atoms with Gasteiger partial charge in [-0.25, -0.2) is 0 Å². The fourth-order valence-electron chi connectivity index (χ4n) is 1.62. The molecule has 0 saturated carbocycles. The zero-order valence-corrected chi connectivity index (χ0v) is 9.58. The molecule has 1 atom stereocenters. The van der Waals surface area contributed by atoms with E-state index in [4.69, 9.17) is 4.74 Å². The molecule has 1 unspecified atom stereocenters. The summed E-state index contributed by atoms with van der Waals surface area (Å²) in [7, 11) is 0. The van der Waals surface area contributed by atoms with Gasteiger partial charge in [-0.15, -0.1) is 0 Å². The summed E-state index contributed by atoms with van der Waals surface area (Å²) in [6.45, 7) is 10.7. The maximum Gasteiger partial charge on any atom is 0.247 e. The number of hydrogen-bond acceptors (Lipinski definition) is 3. The predicted octanol–water partition coefficient (Wildman–Crippen LogP) is 0.747. The van der Waals surface area contributed by atoms with Crippen LogP contribution in [0.15, 0.2) is 12.2 Å². The van der Waals surface area contributed by atoms with Gasteiger partial charge in [0.1, 0.15) is 0 Å². The summed E-state index contributed by atoms with van der Waals surface area (Å²) in [4.78, 5) is 13.7. The topological polar surface area (TPSA) is 41.6 Å². The van der Waals surface area contributed by atoms with E-state index in [1.807, 2.05) is 0 Å². The van der Waals surface area contributed by atoms with Gasteiger partial charge in [-0.3, -0.25) is 9.69 Å². The van der Waals surface area contributed by atoms with Crippen LogP contribution in [0.4, 0.5) is 0 Å². The first-order valence-corrected chi connectivity index (χ1v) is 5.43. The summed E-state index contributed by atoms with van der Waals surface area (Å²) >= 11 is 0. The quantitative estimate of drug-likeness (QED) is 0.699. The molecular formula is C11H20N2O2. The van der Waals surface area contributed by atoms with Gasteiger partial charge in [0.2, 0.25) is 5.91 Å². The lowest BCUT2D eigenvalue weighted by atomic mass is 10.2. The van der Waals surface area contributed by atoms with E-state index in [-0.39, 0.29) is 12.1 Å². The molecule has 1 amide bonds. The largest absolute Gasteiger partial charge is 0.379 e. The van der Waals surface area contributed by atoms with Crippen molar-refractivity contribution in [3.8, 4) is 0 Å². The maximum atomic E-state index is 11.5. The van der Waals surface area contributed by atoms with Crippen molar-refractivity contribution in [1.29, 1.82) is 0 Å². The van der Waals surface area contributed by atoms with Gasteiger partial charge >= 0.3 is 0 Å². The molecule has 4 nitrogen and oxygen atoms in total. The Labute approximate surface area is 91.3 Å². The summed E-state index contributed by atoms with van der Waals surface area (Å²) in [6, 6.07) is 0. The fraction of sp³-hybridized carbons (Fsp3) is 0.727. The number of nitrogens with one attached hydrogen (secondary N) is 1. The SMILES string of the molecule is C=C(C)C(=O)NC(CC)N1CCOCC1. The Morgan fingerprint density at radius 3 is 2.60 bits per heavy atom. The van der Waals surface area contributed by atoms with Gasteiger partial charge in [0.15, 0.2) is 0 Å². The highest BCUT2D eigenvalue weighted by atomic mass is 16.5. The molecule has 4 heteroatoms. The van der Waals surface area contributed by atoms with E-state index in [0.29, 0.717) is 5.57 Å². The average Bonchev–Trinajstić information content (AvgIpc) is 2.26. The second-order valence-electron chi connectivity index (χ2n) is 3.83. The Hall–Kier alpha value is -0.870. The average molecular weight is 212 g/mol. The molecule has 0 bridgehead atoms. The second kappa shape index (κ2) is 5.88. The van der Waals surface area contributed by atoms with E-state index >= 15 is 0 Å². The smallest absolute Gasteiger partial charge is 0.247 e. The van der Waals surface area contributed by atoms with Crippen molar-refractivity contribution in [1.82, 2.24) is 10.2 Å². The zero-order valence-electron chi connectivity index (χ0n) is 9.58. The number of morpholine rings is 1. The molecule has 0 aromatic rings. The van der Waals surface area contributed by atoms with Crippen molar-refractivity contribution >= 4 is 5.91 Å². The molecule has 0 radical (unpaired) electrons. The molecule has 1 aliphatic rings. The summed E-state index contributed by atoms with van der Waals surface area (Å²) in [5.41, 5.74) is 0.557. The highest BCUT2D eigenvalue weighted by Crippen LogP contribution is 2.05. The van der Waals surface area contributed by atoms with E-state index in [1.54, 1.807) is 6.92 Å². The van der Waals surface area contributed by atoms with Crippen LogP contribution >= 0.6 is 0 Å². The van der Waals surface area contributed by atoms with Crippen LogP contribution in [0.5, 0.6) is 0 Å². The van der Waals surface area contributed by atoms with Crippen LogP contribution in [0.25, 0.3) is 0 Å². The number of carbonyl (C=O) groups excluding carboxylic acids is 1. The van der Waals surface area contributed by atoms with Crippen molar-refractivity contribution in [2.75, 3.05) is 26.3 Å². The highest BCUT2D eigenvalue weighted by molar-refractivity contribution is 5.92. The first-order chi connectivity index (χ1) is 7.15. The van der Waals surface area contributed by atoms with Crippen molar-refractivity contribution in [2.24, 2.45) is 0 Å². The Bertz CT molecular complexity index is 235. The molecule has 1 fully saturated rings. The Morgan fingerprint density at radius 2 is 2.13 bits per heavy atom. The van der Waals surface area contributed by atoms with Crippen LogP contribution in [0.3, 0.4) is 0 Å². The lowest BCUT2D eigenvalue weighted by Gasteiger charge is -2.34. The number of ether oxygens (including phenoxy) is 1. The molecule has 1 N–H and O–H groups in total. The molecule has 1 aliphatic heterocycles. The molecule has 0 aromatic heterocycles. The summed E-state index contributed by atoms with van der Waals surface area (Å²) in [5, 5.41) is 2.97. The minimum Gasteiger partial charge on any atom is -0.379 e. The minimum absolute atomic E-state index is 0.0617. The van der Waals surface area contributed by atoms with E-state index < -0.39 is 0 Å². The maximum absolute atomic E-state index is 11.5. The van der Waals surface area contributed by atoms with Crippen molar-refractivity contribution < 1.29 is 9.53 Å². The first-order valence-electron chi connectivity index (χ1n) is 5.43. The van der Waals surface area contributed by atoms with Crippen LogP contribution in [0, 0.1) is 0 Å². The molecule has 1 rings (SSSR count). The fourth-order valence-corrected chi connectivity index (χ4v) is 1.62. The van der Waals surface area contributed by atoms with Crippen molar-refractivity contribution in [3.63, 3.8) is 0 Å². The van der Waals surface area contributed by atoms with E-state index in [9.17, 15) is 4.79 Å². The van der Waals surface area contributed by atoms with Gasteiger partial charge in [-0.1, -0.05) is 13.5 Å². The monoisotopic (exact) mass is 212 g/mol. The van der Waals surface area contributed by atoms with Crippen LogP contribution in [-0.4, -0.2) is 43.3 Å². The number of rotatable bonds is 4. The van der Waals surface area contributed by atoms with Crippen molar-refractivity contribution in [2.45, 2.75) is 26.4 Å². The third-order valence-electron chi connectivity index (χ3n) is 2.56. The van der Waals surface area contributed by atoms with E-state index in [0.717, 1.165) is 32.7 Å². The van der Waals surface area contributed by atoms with Gasteiger partial charge in [0, 0.05) is 18.7 Å². The van der Waals surface area contributed by atoms with Crippen LogP contribution in [0.1, 0.15) is 20.3 Å².